The highest BCUT2D eigenvalue weighted by molar-refractivity contribution is 7.92. The molecule has 7 nitrogen and oxygen atoms in total. The van der Waals surface area contributed by atoms with Crippen molar-refractivity contribution in [3.05, 3.63) is 46.9 Å². The van der Waals surface area contributed by atoms with Crippen LogP contribution in [0.25, 0.3) is 11.1 Å². The van der Waals surface area contributed by atoms with Crippen LogP contribution in [0.2, 0.25) is 5.02 Å². The molecule has 0 saturated carbocycles. The second-order valence-electron chi connectivity index (χ2n) is 4.94. The van der Waals surface area contributed by atoms with Gasteiger partial charge in [-0.2, -0.15) is 5.10 Å². The van der Waals surface area contributed by atoms with E-state index < -0.39 is 10.0 Å². The number of aromatic amines is 1. The molecule has 0 bridgehead atoms. The molecule has 0 aliphatic heterocycles. The molecular weight excluding hydrogens is 340 g/mol. The van der Waals surface area contributed by atoms with Crippen LogP contribution in [0.1, 0.15) is 11.4 Å². The molecular formula is C14H13ClN4O3S. The van der Waals surface area contributed by atoms with Gasteiger partial charge in [-0.25, -0.2) is 13.1 Å². The van der Waals surface area contributed by atoms with Crippen LogP contribution in [-0.2, 0) is 10.0 Å². The Balaban J connectivity index is 1.99. The van der Waals surface area contributed by atoms with Gasteiger partial charge in [-0.15, -0.1) is 0 Å². The van der Waals surface area contributed by atoms with Crippen molar-refractivity contribution in [2.45, 2.75) is 18.7 Å². The number of benzene rings is 1. The number of sulfonamides is 1. The number of aryl methyl sites for hydroxylation is 2. The molecule has 0 atom stereocenters. The Morgan fingerprint density at radius 1 is 1.22 bits per heavy atom. The zero-order valence-corrected chi connectivity index (χ0v) is 13.9. The number of hydrogen-bond acceptors (Lipinski definition) is 5. The van der Waals surface area contributed by atoms with Crippen molar-refractivity contribution >= 4 is 27.5 Å². The Hall–Kier alpha value is -2.32. The summed E-state index contributed by atoms with van der Waals surface area (Å²) < 4.78 is 32.6. The zero-order chi connectivity index (χ0) is 16.6. The van der Waals surface area contributed by atoms with Crippen LogP contribution >= 0.6 is 11.6 Å². The second-order valence-corrected chi connectivity index (χ2v) is 7.00. The number of nitrogens with zero attached hydrogens (tertiary/aromatic N) is 2. The summed E-state index contributed by atoms with van der Waals surface area (Å²) in [5.74, 6) is 0.0346. The van der Waals surface area contributed by atoms with E-state index in [1.165, 1.54) is 6.20 Å². The van der Waals surface area contributed by atoms with Gasteiger partial charge in [0.1, 0.15) is 4.90 Å². The fourth-order valence-electron chi connectivity index (χ4n) is 2.26. The van der Waals surface area contributed by atoms with Gasteiger partial charge in [0.25, 0.3) is 10.0 Å². The largest absolute Gasteiger partial charge is 0.337 e. The van der Waals surface area contributed by atoms with E-state index in [-0.39, 0.29) is 10.8 Å². The summed E-state index contributed by atoms with van der Waals surface area (Å²) in [7, 11) is -3.84. The van der Waals surface area contributed by atoms with Crippen molar-refractivity contribution in [1.29, 1.82) is 0 Å². The van der Waals surface area contributed by atoms with Crippen LogP contribution < -0.4 is 4.72 Å². The molecule has 0 aliphatic rings. The highest BCUT2D eigenvalue weighted by atomic mass is 35.5. The summed E-state index contributed by atoms with van der Waals surface area (Å²) in [5.41, 5.74) is 2.07. The first-order chi connectivity index (χ1) is 10.9. The first kappa shape index (κ1) is 15.6. The van der Waals surface area contributed by atoms with Gasteiger partial charge in [-0.05, 0) is 31.5 Å². The maximum absolute atomic E-state index is 12.6. The summed E-state index contributed by atoms with van der Waals surface area (Å²) >= 11 is 5.86. The molecule has 0 aliphatic carbocycles. The minimum Gasteiger partial charge on any atom is -0.337 e. The third-order valence-corrected chi connectivity index (χ3v) is 5.13. The summed E-state index contributed by atoms with van der Waals surface area (Å²) in [6, 6.07) is 6.90. The molecule has 0 radical (unpaired) electrons. The predicted molar refractivity (Wildman–Crippen MR) is 85.8 cm³/mol. The lowest BCUT2D eigenvalue weighted by atomic mass is 10.1. The standard InChI is InChI=1S/C14H13ClN4O3S/c1-8-13(9(2)18-17-8)23(20,21)19-14-12(7-16-22-14)10-3-5-11(15)6-4-10/h3-7,19H,1-2H3,(H,17,18). The molecule has 0 fully saturated rings. The molecule has 120 valence electrons. The fraction of sp³-hybridized carbons (Fsp3) is 0.143. The Bertz CT molecular complexity index is 925. The second kappa shape index (κ2) is 5.71. The molecule has 3 aromatic rings. The van der Waals surface area contributed by atoms with Gasteiger partial charge in [-0.1, -0.05) is 28.9 Å². The number of nitrogens with one attached hydrogen (secondary N) is 2. The summed E-state index contributed by atoms with van der Waals surface area (Å²) in [6.45, 7) is 3.24. The summed E-state index contributed by atoms with van der Waals surface area (Å²) in [6.07, 6.45) is 1.44. The van der Waals surface area contributed by atoms with Gasteiger partial charge in [0.05, 0.1) is 23.1 Å². The quantitative estimate of drug-likeness (QED) is 0.751. The molecule has 0 unspecified atom stereocenters. The van der Waals surface area contributed by atoms with Crippen LogP contribution in [0.3, 0.4) is 0 Å². The molecule has 0 spiro atoms. The van der Waals surface area contributed by atoms with E-state index in [1.54, 1.807) is 38.1 Å². The number of aromatic nitrogens is 3. The lowest BCUT2D eigenvalue weighted by Crippen LogP contribution is -2.14. The topological polar surface area (TPSA) is 101 Å². The summed E-state index contributed by atoms with van der Waals surface area (Å²) in [5, 5.41) is 10.8. The van der Waals surface area contributed by atoms with Crippen LogP contribution in [0, 0.1) is 13.8 Å². The normalized spacial score (nSPS) is 11.6. The minimum absolute atomic E-state index is 0.0346. The first-order valence-electron chi connectivity index (χ1n) is 6.63. The number of anilines is 1. The van der Waals surface area contributed by atoms with E-state index in [0.29, 0.717) is 22.0 Å². The molecule has 2 N–H and O–H groups in total. The van der Waals surface area contributed by atoms with Gasteiger partial charge in [0.15, 0.2) is 0 Å². The van der Waals surface area contributed by atoms with E-state index in [9.17, 15) is 8.42 Å². The highest BCUT2D eigenvalue weighted by Gasteiger charge is 2.25. The Kier molecular flexibility index (Phi) is 3.87. The van der Waals surface area contributed by atoms with Crippen LogP contribution in [0.4, 0.5) is 5.88 Å². The Labute approximate surface area is 137 Å². The van der Waals surface area contributed by atoms with Crippen molar-refractivity contribution in [2.75, 3.05) is 4.72 Å². The number of rotatable bonds is 4. The smallest absolute Gasteiger partial charge is 0.267 e. The molecule has 0 saturated heterocycles. The Morgan fingerprint density at radius 3 is 2.52 bits per heavy atom. The summed E-state index contributed by atoms with van der Waals surface area (Å²) in [4.78, 5) is 0.0935. The lowest BCUT2D eigenvalue weighted by Gasteiger charge is -2.07. The minimum atomic E-state index is -3.84. The SMILES string of the molecule is Cc1n[nH]c(C)c1S(=O)(=O)Nc1oncc1-c1ccc(Cl)cc1. The molecule has 2 heterocycles. The molecule has 0 amide bonds. The maximum atomic E-state index is 12.6. The maximum Gasteiger partial charge on any atom is 0.267 e. The molecule has 9 heteroatoms. The predicted octanol–water partition coefficient (Wildman–Crippen LogP) is 3.14. The molecule has 3 rings (SSSR count). The van der Waals surface area contributed by atoms with Crippen molar-refractivity contribution in [2.24, 2.45) is 0 Å². The van der Waals surface area contributed by atoms with E-state index in [1.807, 2.05) is 0 Å². The average Bonchev–Trinajstić information content (AvgIpc) is 3.06. The van der Waals surface area contributed by atoms with Gasteiger partial charge in [0.2, 0.25) is 5.88 Å². The third-order valence-electron chi connectivity index (χ3n) is 3.28. The monoisotopic (exact) mass is 352 g/mol. The van der Waals surface area contributed by atoms with Gasteiger partial charge in [-0.3, -0.25) is 5.10 Å². The Morgan fingerprint density at radius 2 is 1.91 bits per heavy atom. The number of halogens is 1. The van der Waals surface area contributed by atoms with Crippen molar-refractivity contribution in [3.8, 4) is 11.1 Å². The van der Waals surface area contributed by atoms with Crippen LogP contribution in [0.15, 0.2) is 39.9 Å². The van der Waals surface area contributed by atoms with E-state index in [4.69, 9.17) is 16.1 Å². The fourth-order valence-corrected chi connectivity index (χ4v) is 3.76. The van der Waals surface area contributed by atoms with Crippen LogP contribution in [-0.4, -0.2) is 23.8 Å². The molecule has 1 aromatic carbocycles. The zero-order valence-electron chi connectivity index (χ0n) is 12.3. The third kappa shape index (κ3) is 2.95. The van der Waals surface area contributed by atoms with Crippen molar-refractivity contribution < 1.29 is 12.9 Å². The van der Waals surface area contributed by atoms with Crippen LogP contribution in [0.5, 0.6) is 0 Å². The number of hydrogen-bond donors (Lipinski definition) is 2. The highest BCUT2D eigenvalue weighted by Crippen LogP contribution is 2.31. The van der Waals surface area contributed by atoms with E-state index >= 15 is 0 Å². The number of H-pyrrole nitrogens is 1. The average molecular weight is 353 g/mol. The molecule has 2 aromatic heterocycles. The van der Waals surface area contributed by atoms with Gasteiger partial charge < -0.3 is 4.52 Å². The van der Waals surface area contributed by atoms with Crippen molar-refractivity contribution in [3.63, 3.8) is 0 Å². The van der Waals surface area contributed by atoms with Gasteiger partial charge in [0, 0.05) is 5.02 Å². The van der Waals surface area contributed by atoms with Crippen molar-refractivity contribution in [1.82, 2.24) is 15.4 Å². The van der Waals surface area contributed by atoms with Gasteiger partial charge >= 0.3 is 0 Å². The first-order valence-corrected chi connectivity index (χ1v) is 8.49. The van der Waals surface area contributed by atoms with E-state index in [0.717, 1.165) is 5.56 Å². The van der Waals surface area contributed by atoms with E-state index in [2.05, 4.69) is 20.1 Å². The molecule has 23 heavy (non-hydrogen) atoms. The lowest BCUT2D eigenvalue weighted by molar-refractivity contribution is 0.435.